The zero-order valence-electron chi connectivity index (χ0n) is 25.3. The van der Waals surface area contributed by atoms with Crippen LogP contribution in [0.2, 0.25) is 0 Å². The van der Waals surface area contributed by atoms with E-state index in [1.54, 1.807) is 0 Å². The van der Waals surface area contributed by atoms with Gasteiger partial charge in [0.25, 0.3) is 0 Å². The van der Waals surface area contributed by atoms with Gasteiger partial charge in [0.1, 0.15) is 6.17 Å². The van der Waals surface area contributed by atoms with Crippen LogP contribution in [0.25, 0.3) is 59.9 Å². The van der Waals surface area contributed by atoms with E-state index in [9.17, 15) is 0 Å². The normalized spacial score (nSPS) is 16.5. The minimum Gasteiger partial charge on any atom is -0.366 e. The molecular formula is C44H32N2. The molecule has 0 aliphatic carbocycles. The SMILES string of the molecule is C1=C(c2c3ccccc3cc3c2ccc2ccccc23)NC(c2ccccc2)NC1c1ccccc1-c1cccc2ccccc12. The van der Waals surface area contributed by atoms with Crippen LogP contribution in [0.15, 0.2) is 170 Å². The van der Waals surface area contributed by atoms with Gasteiger partial charge in [-0.1, -0.05) is 158 Å². The number of rotatable bonds is 4. The lowest BCUT2D eigenvalue weighted by Gasteiger charge is -2.34. The summed E-state index contributed by atoms with van der Waals surface area (Å²) in [6.07, 6.45) is 2.32. The van der Waals surface area contributed by atoms with E-state index in [0.29, 0.717) is 0 Å². The number of nitrogens with one attached hydrogen (secondary N) is 2. The quantitative estimate of drug-likeness (QED) is 0.158. The highest BCUT2D eigenvalue weighted by atomic mass is 15.2. The van der Waals surface area contributed by atoms with Crippen LogP contribution >= 0.6 is 0 Å². The third-order valence-corrected chi connectivity index (χ3v) is 9.53. The van der Waals surface area contributed by atoms with E-state index in [1.807, 2.05) is 0 Å². The topological polar surface area (TPSA) is 24.1 Å². The molecule has 1 aliphatic rings. The largest absolute Gasteiger partial charge is 0.366 e. The number of fused-ring (bicyclic) bond motifs is 5. The smallest absolute Gasteiger partial charge is 0.104 e. The summed E-state index contributed by atoms with van der Waals surface area (Å²) in [6.45, 7) is 0. The van der Waals surface area contributed by atoms with Gasteiger partial charge in [-0.3, -0.25) is 5.32 Å². The van der Waals surface area contributed by atoms with Crippen LogP contribution in [0.3, 0.4) is 0 Å². The molecule has 1 heterocycles. The molecule has 0 bridgehead atoms. The van der Waals surface area contributed by atoms with E-state index in [0.717, 1.165) is 5.70 Å². The second kappa shape index (κ2) is 11.0. The Bertz CT molecular complexity index is 2430. The molecule has 1 aliphatic heterocycles. The van der Waals surface area contributed by atoms with E-state index in [2.05, 4.69) is 181 Å². The van der Waals surface area contributed by atoms with Crippen LogP contribution in [-0.4, -0.2) is 0 Å². The molecule has 0 aromatic heterocycles. The first kappa shape index (κ1) is 26.7. The summed E-state index contributed by atoms with van der Waals surface area (Å²) in [5.74, 6) is 0. The molecule has 0 saturated heterocycles. The average molecular weight is 589 g/mol. The van der Waals surface area contributed by atoms with Gasteiger partial charge in [-0.25, -0.2) is 0 Å². The monoisotopic (exact) mass is 588 g/mol. The van der Waals surface area contributed by atoms with Gasteiger partial charge < -0.3 is 5.32 Å². The molecule has 0 fully saturated rings. The average Bonchev–Trinajstić information content (AvgIpc) is 3.13. The van der Waals surface area contributed by atoms with Crippen molar-refractivity contribution >= 4 is 48.8 Å². The Hall–Kier alpha value is -5.70. The van der Waals surface area contributed by atoms with Gasteiger partial charge in [0.15, 0.2) is 0 Å². The Morgan fingerprint density at radius 3 is 1.89 bits per heavy atom. The van der Waals surface area contributed by atoms with E-state index < -0.39 is 0 Å². The molecule has 0 amide bonds. The Labute approximate surface area is 268 Å². The van der Waals surface area contributed by atoms with Gasteiger partial charge in [-0.05, 0) is 77.5 Å². The second-order valence-electron chi connectivity index (χ2n) is 12.2. The lowest BCUT2D eigenvalue weighted by atomic mass is 9.87. The highest BCUT2D eigenvalue weighted by molar-refractivity contribution is 6.17. The van der Waals surface area contributed by atoms with Crippen molar-refractivity contribution in [2.75, 3.05) is 0 Å². The maximum absolute atomic E-state index is 3.98. The van der Waals surface area contributed by atoms with Crippen molar-refractivity contribution in [2.45, 2.75) is 12.2 Å². The van der Waals surface area contributed by atoms with Crippen molar-refractivity contribution < 1.29 is 0 Å². The van der Waals surface area contributed by atoms with Gasteiger partial charge in [0.05, 0.1) is 6.04 Å². The highest BCUT2D eigenvalue weighted by Gasteiger charge is 2.27. The first-order chi connectivity index (χ1) is 22.8. The molecular weight excluding hydrogens is 556 g/mol. The summed E-state index contributed by atoms with van der Waals surface area (Å²) >= 11 is 0. The van der Waals surface area contributed by atoms with E-state index in [-0.39, 0.29) is 12.2 Å². The summed E-state index contributed by atoms with van der Waals surface area (Å²) < 4.78 is 0. The van der Waals surface area contributed by atoms with E-state index in [1.165, 1.54) is 70.9 Å². The third-order valence-electron chi connectivity index (χ3n) is 9.53. The van der Waals surface area contributed by atoms with E-state index >= 15 is 0 Å². The van der Waals surface area contributed by atoms with Crippen LogP contribution in [0.4, 0.5) is 0 Å². The van der Waals surface area contributed by atoms with Crippen LogP contribution in [0.1, 0.15) is 28.9 Å². The fourth-order valence-corrected chi connectivity index (χ4v) is 7.38. The Morgan fingerprint density at radius 1 is 0.413 bits per heavy atom. The number of hydrogen-bond donors (Lipinski definition) is 2. The molecule has 0 spiro atoms. The van der Waals surface area contributed by atoms with Crippen LogP contribution in [-0.2, 0) is 0 Å². The van der Waals surface area contributed by atoms with Crippen molar-refractivity contribution in [3.63, 3.8) is 0 Å². The van der Waals surface area contributed by atoms with Crippen molar-refractivity contribution in [1.82, 2.24) is 10.6 Å². The molecule has 8 aromatic carbocycles. The standard InChI is InChI=1S/C44H32N2/c1-2-15-31(16-3-1)44-45-41(38-23-11-10-22-37(38)36-24-12-18-29-13-4-7-19-33(29)36)28-42(46-44)43-35-21-9-6-17-32(35)27-40-34-20-8-5-14-30(34)25-26-39(40)43/h1-28,41,44-46H. The number of hydrogen-bond acceptors (Lipinski definition) is 2. The predicted octanol–water partition coefficient (Wildman–Crippen LogP) is 10.9. The van der Waals surface area contributed by atoms with Crippen LogP contribution in [0.5, 0.6) is 0 Å². The van der Waals surface area contributed by atoms with Gasteiger partial charge in [-0.2, -0.15) is 0 Å². The zero-order chi connectivity index (χ0) is 30.5. The first-order valence-corrected chi connectivity index (χ1v) is 16.0. The fourth-order valence-electron chi connectivity index (χ4n) is 7.38. The summed E-state index contributed by atoms with van der Waals surface area (Å²) in [7, 11) is 0. The minimum absolute atomic E-state index is 0.0360. The van der Waals surface area contributed by atoms with Crippen LogP contribution in [0, 0.1) is 0 Å². The Balaban J connectivity index is 1.30. The summed E-state index contributed by atoms with van der Waals surface area (Å²) in [5.41, 5.74) is 7.35. The molecule has 46 heavy (non-hydrogen) atoms. The summed E-state index contributed by atoms with van der Waals surface area (Å²) in [6, 6.07) is 59.3. The van der Waals surface area contributed by atoms with Gasteiger partial charge in [-0.15, -0.1) is 0 Å². The Kier molecular flexibility index (Phi) is 6.40. The molecule has 2 unspecified atom stereocenters. The summed E-state index contributed by atoms with van der Waals surface area (Å²) in [5, 5.41) is 18.0. The minimum atomic E-state index is -0.0822. The summed E-state index contributed by atoms with van der Waals surface area (Å²) in [4.78, 5) is 0. The lowest BCUT2D eigenvalue weighted by molar-refractivity contribution is 0.443. The molecule has 9 rings (SSSR count). The van der Waals surface area contributed by atoms with Crippen molar-refractivity contribution in [1.29, 1.82) is 0 Å². The fraction of sp³-hybridized carbons (Fsp3) is 0.0455. The molecule has 0 radical (unpaired) electrons. The molecule has 8 aromatic rings. The molecule has 2 nitrogen and oxygen atoms in total. The Morgan fingerprint density at radius 2 is 1.04 bits per heavy atom. The maximum Gasteiger partial charge on any atom is 0.104 e. The van der Waals surface area contributed by atoms with Crippen molar-refractivity contribution in [3.8, 4) is 11.1 Å². The molecule has 0 saturated carbocycles. The van der Waals surface area contributed by atoms with Crippen molar-refractivity contribution in [3.05, 3.63) is 187 Å². The van der Waals surface area contributed by atoms with Crippen molar-refractivity contribution in [2.24, 2.45) is 0 Å². The molecule has 218 valence electrons. The van der Waals surface area contributed by atoms with Gasteiger partial charge in [0, 0.05) is 11.3 Å². The van der Waals surface area contributed by atoms with Gasteiger partial charge >= 0.3 is 0 Å². The predicted molar refractivity (Wildman–Crippen MR) is 195 cm³/mol. The molecule has 2 N–H and O–H groups in total. The first-order valence-electron chi connectivity index (χ1n) is 16.0. The highest BCUT2D eigenvalue weighted by Crippen LogP contribution is 2.41. The maximum atomic E-state index is 3.98. The molecule has 2 atom stereocenters. The lowest BCUT2D eigenvalue weighted by Crippen LogP contribution is -2.39. The van der Waals surface area contributed by atoms with Gasteiger partial charge in [0.2, 0.25) is 0 Å². The second-order valence-corrected chi connectivity index (χ2v) is 12.2. The van der Waals surface area contributed by atoms with E-state index in [4.69, 9.17) is 0 Å². The third kappa shape index (κ3) is 4.46. The van der Waals surface area contributed by atoms with Crippen LogP contribution < -0.4 is 10.6 Å². The number of benzene rings is 8. The molecule has 2 heteroatoms. The zero-order valence-corrected chi connectivity index (χ0v) is 25.3.